The quantitative estimate of drug-likeness (QED) is 0.552. The average molecular weight is 421 g/mol. The van der Waals surface area contributed by atoms with Gasteiger partial charge >= 0.3 is 7.12 Å². The van der Waals surface area contributed by atoms with E-state index in [1.165, 1.54) is 0 Å². The summed E-state index contributed by atoms with van der Waals surface area (Å²) in [4.78, 5) is 13.5. The lowest BCUT2D eigenvalue weighted by Crippen LogP contribution is -2.41. The minimum Gasteiger partial charge on any atom is -0.399 e. The predicted molar refractivity (Wildman–Crippen MR) is 130 cm³/mol. The zero-order valence-corrected chi connectivity index (χ0v) is 19.9. The second-order valence-corrected chi connectivity index (χ2v) is 9.46. The van der Waals surface area contributed by atoms with Gasteiger partial charge in [0.1, 0.15) is 0 Å². The standard InChI is InChI=1S/C26H36BNO3/c1-7-9-16-21(13-8-2)23-17-22(27-30-25(3,4)26(5,6)31-27)19-28(24(23)29)18-20-14-11-10-12-15-20/h10-12,14-17,19H,7-9,13,18H2,1-6H3/b21-16+. The number of hydrogen-bond acceptors (Lipinski definition) is 3. The first-order valence-corrected chi connectivity index (χ1v) is 11.5. The highest BCUT2D eigenvalue weighted by molar-refractivity contribution is 6.62. The van der Waals surface area contributed by atoms with Crippen molar-refractivity contribution >= 4 is 18.2 Å². The fourth-order valence-electron chi connectivity index (χ4n) is 3.83. The molecule has 0 N–H and O–H groups in total. The molecule has 1 aliphatic rings. The molecule has 0 bridgehead atoms. The molecule has 31 heavy (non-hydrogen) atoms. The van der Waals surface area contributed by atoms with E-state index in [0.717, 1.165) is 47.8 Å². The maximum Gasteiger partial charge on any atom is 0.496 e. The molecule has 166 valence electrons. The number of hydrogen-bond donors (Lipinski definition) is 0. The molecule has 1 saturated heterocycles. The molecule has 0 saturated carbocycles. The van der Waals surface area contributed by atoms with E-state index >= 15 is 0 Å². The highest BCUT2D eigenvalue weighted by atomic mass is 16.7. The van der Waals surface area contributed by atoms with Gasteiger partial charge in [-0.2, -0.15) is 0 Å². The Labute approximate surface area is 187 Å². The summed E-state index contributed by atoms with van der Waals surface area (Å²) in [6, 6.07) is 12.1. The van der Waals surface area contributed by atoms with Crippen molar-refractivity contribution in [3.63, 3.8) is 0 Å². The molecule has 2 heterocycles. The van der Waals surface area contributed by atoms with Crippen molar-refractivity contribution in [3.8, 4) is 0 Å². The molecule has 4 nitrogen and oxygen atoms in total. The molecule has 0 amide bonds. The van der Waals surface area contributed by atoms with Crippen LogP contribution >= 0.6 is 0 Å². The van der Waals surface area contributed by atoms with E-state index in [1.807, 2.05) is 42.6 Å². The van der Waals surface area contributed by atoms with Crippen LogP contribution in [0.1, 0.15) is 78.4 Å². The summed E-state index contributed by atoms with van der Waals surface area (Å²) >= 11 is 0. The van der Waals surface area contributed by atoms with Crippen LogP contribution in [0.3, 0.4) is 0 Å². The molecule has 0 radical (unpaired) electrons. The number of nitrogens with zero attached hydrogens (tertiary/aromatic N) is 1. The lowest BCUT2D eigenvalue weighted by Gasteiger charge is -2.32. The lowest BCUT2D eigenvalue weighted by molar-refractivity contribution is 0.00578. The third kappa shape index (κ3) is 5.21. The van der Waals surface area contributed by atoms with Gasteiger partial charge in [0.2, 0.25) is 0 Å². The molecule has 0 unspecified atom stereocenters. The van der Waals surface area contributed by atoms with Gasteiger partial charge in [-0.15, -0.1) is 0 Å². The number of allylic oxidation sites excluding steroid dienone is 2. The monoisotopic (exact) mass is 421 g/mol. The van der Waals surface area contributed by atoms with E-state index in [0.29, 0.717) is 6.54 Å². The van der Waals surface area contributed by atoms with Gasteiger partial charge in [0.05, 0.1) is 17.7 Å². The Morgan fingerprint density at radius 2 is 1.68 bits per heavy atom. The number of aromatic nitrogens is 1. The van der Waals surface area contributed by atoms with Crippen molar-refractivity contribution in [2.24, 2.45) is 0 Å². The molecule has 1 fully saturated rings. The normalized spacial score (nSPS) is 17.9. The summed E-state index contributed by atoms with van der Waals surface area (Å²) < 4.78 is 14.4. The smallest absolute Gasteiger partial charge is 0.399 e. The van der Waals surface area contributed by atoms with Crippen LogP contribution < -0.4 is 11.0 Å². The molecule has 1 aromatic heterocycles. The van der Waals surface area contributed by atoms with Gasteiger partial charge in [-0.25, -0.2) is 0 Å². The van der Waals surface area contributed by atoms with Crippen molar-refractivity contribution in [3.05, 3.63) is 70.2 Å². The topological polar surface area (TPSA) is 40.5 Å². The van der Waals surface area contributed by atoms with E-state index < -0.39 is 18.3 Å². The van der Waals surface area contributed by atoms with E-state index in [1.54, 1.807) is 4.57 Å². The predicted octanol–water partition coefficient (Wildman–Crippen LogP) is 5.18. The molecule has 5 heteroatoms. The Balaban J connectivity index is 2.11. The zero-order chi connectivity index (χ0) is 22.6. The van der Waals surface area contributed by atoms with Gasteiger partial charge in [-0.05, 0) is 63.2 Å². The third-order valence-electron chi connectivity index (χ3n) is 6.37. The van der Waals surface area contributed by atoms with E-state index in [-0.39, 0.29) is 5.56 Å². The largest absolute Gasteiger partial charge is 0.496 e. The van der Waals surface area contributed by atoms with Gasteiger partial charge < -0.3 is 13.9 Å². The first-order valence-electron chi connectivity index (χ1n) is 11.5. The number of unbranched alkanes of at least 4 members (excludes halogenated alkanes) is 1. The van der Waals surface area contributed by atoms with Crippen LogP contribution in [0, 0.1) is 0 Å². The van der Waals surface area contributed by atoms with E-state index in [9.17, 15) is 4.79 Å². The summed E-state index contributed by atoms with van der Waals surface area (Å²) in [5.74, 6) is 0. The molecule has 1 aliphatic heterocycles. The average Bonchev–Trinajstić information content (AvgIpc) is 2.95. The summed E-state index contributed by atoms with van der Waals surface area (Å²) in [5.41, 5.74) is 3.05. The minimum absolute atomic E-state index is 0.0416. The maximum atomic E-state index is 13.5. The van der Waals surface area contributed by atoms with E-state index in [4.69, 9.17) is 9.31 Å². The molecular formula is C26H36BNO3. The summed E-state index contributed by atoms with van der Waals surface area (Å²) in [6.45, 7) is 13.0. The third-order valence-corrected chi connectivity index (χ3v) is 6.37. The number of benzene rings is 1. The molecular weight excluding hydrogens is 385 g/mol. The van der Waals surface area contributed by atoms with Crippen molar-refractivity contribution in [2.45, 2.75) is 85.0 Å². The molecule has 1 aromatic carbocycles. The molecule has 0 aliphatic carbocycles. The minimum atomic E-state index is -0.500. The Kier molecular flexibility index (Phi) is 7.28. The van der Waals surface area contributed by atoms with Crippen LogP contribution in [0.25, 0.3) is 5.57 Å². The zero-order valence-electron chi connectivity index (χ0n) is 19.9. The van der Waals surface area contributed by atoms with Crippen LogP contribution in [0.4, 0.5) is 0 Å². The number of rotatable bonds is 8. The maximum absolute atomic E-state index is 13.5. The molecule has 0 atom stereocenters. The fourth-order valence-corrected chi connectivity index (χ4v) is 3.83. The molecule has 0 spiro atoms. The highest BCUT2D eigenvalue weighted by Crippen LogP contribution is 2.36. The summed E-state index contributed by atoms with van der Waals surface area (Å²) in [7, 11) is -0.500. The summed E-state index contributed by atoms with van der Waals surface area (Å²) in [5, 5.41) is 0. The van der Waals surface area contributed by atoms with Crippen LogP contribution in [-0.4, -0.2) is 22.9 Å². The first kappa shape index (κ1) is 23.6. The fraction of sp³-hybridized carbons (Fsp3) is 0.500. The van der Waals surface area contributed by atoms with E-state index in [2.05, 4.69) is 47.6 Å². The van der Waals surface area contributed by atoms with Gasteiger partial charge in [-0.1, -0.05) is 63.1 Å². The Morgan fingerprint density at radius 1 is 1.03 bits per heavy atom. The van der Waals surface area contributed by atoms with Crippen molar-refractivity contribution in [2.75, 3.05) is 0 Å². The van der Waals surface area contributed by atoms with Gasteiger partial charge in [-0.3, -0.25) is 4.79 Å². The second-order valence-electron chi connectivity index (χ2n) is 9.46. The second kappa shape index (κ2) is 9.58. The van der Waals surface area contributed by atoms with Crippen molar-refractivity contribution < 1.29 is 9.31 Å². The lowest BCUT2D eigenvalue weighted by atomic mass is 9.79. The van der Waals surface area contributed by atoms with Crippen LogP contribution in [0.2, 0.25) is 0 Å². The number of pyridine rings is 1. The highest BCUT2D eigenvalue weighted by Gasteiger charge is 2.52. The Hall–Kier alpha value is -2.11. The van der Waals surface area contributed by atoms with Gasteiger partial charge in [0.25, 0.3) is 5.56 Å². The van der Waals surface area contributed by atoms with Crippen LogP contribution in [-0.2, 0) is 15.9 Å². The molecule has 2 aromatic rings. The Morgan fingerprint density at radius 3 is 2.26 bits per heavy atom. The Bertz CT molecular complexity index is 960. The van der Waals surface area contributed by atoms with Gasteiger partial charge in [0.15, 0.2) is 0 Å². The summed E-state index contributed by atoms with van der Waals surface area (Å²) in [6.07, 6.45) is 8.03. The van der Waals surface area contributed by atoms with Crippen molar-refractivity contribution in [1.29, 1.82) is 0 Å². The van der Waals surface area contributed by atoms with Crippen molar-refractivity contribution in [1.82, 2.24) is 4.57 Å². The van der Waals surface area contributed by atoms with Crippen LogP contribution in [0.5, 0.6) is 0 Å². The van der Waals surface area contributed by atoms with Gasteiger partial charge in [0, 0.05) is 11.8 Å². The van der Waals surface area contributed by atoms with Crippen LogP contribution in [0.15, 0.2) is 53.5 Å². The SMILES string of the molecule is CCC/C=C(\CCC)c1cc(B2OC(C)(C)C(C)(C)O2)cn(Cc2ccccc2)c1=O. The molecule has 3 rings (SSSR count). The first-order chi connectivity index (χ1) is 14.7.